The van der Waals surface area contributed by atoms with Crippen molar-refractivity contribution in [2.24, 2.45) is 0 Å². The Morgan fingerprint density at radius 3 is 1.12 bits per heavy atom. The van der Waals surface area contributed by atoms with E-state index in [4.69, 9.17) is 0 Å². The summed E-state index contributed by atoms with van der Waals surface area (Å²) in [6, 6.07) is 0. The van der Waals surface area contributed by atoms with Crippen LogP contribution < -0.4 is 0 Å². The van der Waals surface area contributed by atoms with Gasteiger partial charge in [0.05, 0.1) is 0 Å². The van der Waals surface area contributed by atoms with E-state index in [2.05, 4.69) is 39.5 Å². The third kappa shape index (κ3) is 11.2. The van der Waals surface area contributed by atoms with Crippen LogP contribution >= 0.6 is 11.8 Å². The largest absolute Gasteiger partial charge is 0.153 e. The van der Waals surface area contributed by atoms with Gasteiger partial charge in [-0.2, -0.15) is 11.8 Å². The van der Waals surface area contributed by atoms with Crippen LogP contribution in [0.4, 0.5) is 0 Å². The maximum Gasteiger partial charge on any atom is 0.0169 e. The average molecular weight is 259 g/mol. The third-order valence-corrected chi connectivity index (χ3v) is 4.43. The van der Waals surface area contributed by atoms with Crippen LogP contribution in [0.25, 0.3) is 0 Å². The lowest BCUT2D eigenvalue weighted by molar-refractivity contribution is 0.504. The van der Waals surface area contributed by atoms with Crippen molar-refractivity contribution in [3.05, 3.63) is 0 Å². The van der Waals surface area contributed by atoms with Crippen molar-refractivity contribution in [1.82, 2.24) is 0 Å². The quantitative estimate of drug-likeness (QED) is 0.451. The second-order valence-corrected chi connectivity index (χ2v) is 6.81. The Bertz CT molecular complexity index is 124. The molecule has 0 aromatic carbocycles. The Hall–Kier alpha value is 0.350. The van der Waals surface area contributed by atoms with Crippen molar-refractivity contribution in [1.29, 1.82) is 0 Å². The van der Waals surface area contributed by atoms with Crippen LogP contribution in [0.3, 0.4) is 0 Å². The van der Waals surface area contributed by atoms with Crippen LogP contribution in [0.5, 0.6) is 0 Å². The molecule has 104 valence electrons. The van der Waals surface area contributed by atoms with Gasteiger partial charge in [0.1, 0.15) is 0 Å². The van der Waals surface area contributed by atoms with Gasteiger partial charge in [-0.05, 0) is 12.8 Å². The van der Waals surface area contributed by atoms with Gasteiger partial charge in [0.2, 0.25) is 0 Å². The second-order valence-electron chi connectivity index (χ2n) is 5.33. The minimum absolute atomic E-state index is 1.12. The van der Waals surface area contributed by atoms with Gasteiger partial charge in [-0.3, -0.25) is 0 Å². The molecule has 2 saturated carbocycles. The first-order chi connectivity index (χ1) is 8.29. The van der Waals surface area contributed by atoms with Crippen molar-refractivity contribution >= 4 is 11.8 Å². The molecule has 0 bridgehead atoms. The number of rotatable bonds is 0. The van der Waals surface area contributed by atoms with Crippen LogP contribution in [0, 0.1) is 0 Å². The van der Waals surface area contributed by atoms with E-state index in [1.165, 1.54) is 64.2 Å². The van der Waals surface area contributed by atoms with Gasteiger partial charge in [-0.25, -0.2) is 0 Å². The summed E-state index contributed by atoms with van der Waals surface area (Å²) >= 11 is 2.20. The zero-order chi connectivity index (χ0) is 12.9. The van der Waals surface area contributed by atoms with Crippen molar-refractivity contribution in [2.45, 2.75) is 102 Å². The van der Waals surface area contributed by atoms with E-state index in [0.717, 1.165) is 10.5 Å². The van der Waals surface area contributed by atoms with Crippen LogP contribution in [-0.4, -0.2) is 10.5 Å². The lowest BCUT2D eigenvalue weighted by Gasteiger charge is -2.05. The van der Waals surface area contributed by atoms with E-state index >= 15 is 0 Å². The minimum atomic E-state index is 1.12. The zero-order valence-corrected chi connectivity index (χ0v) is 13.5. The van der Waals surface area contributed by atoms with Crippen molar-refractivity contribution in [2.75, 3.05) is 0 Å². The lowest BCUT2D eigenvalue weighted by Crippen LogP contribution is -2.00. The van der Waals surface area contributed by atoms with Gasteiger partial charge >= 0.3 is 0 Å². The first kappa shape index (κ1) is 17.4. The van der Waals surface area contributed by atoms with Gasteiger partial charge in [-0.1, -0.05) is 79.1 Å². The molecule has 2 unspecified atom stereocenters. The topological polar surface area (TPSA) is 0 Å². The molecule has 0 nitrogen and oxygen atoms in total. The van der Waals surface area contributed by atoms with Gasteiger partial charge in [0, 0.05) is 10.5 Å². The predicted octanol–water partition coefficient (Wildman–Crippen LogP) is 6.44. The molecule has 3 fully saturated rings. The molecule has 1 heterocycles. The van der Waals surface area contributed by atoms with E-state index in [1.54, 1.807) is 0 Å². The molecule has 2 aliphatic carbocycles. The summed E-state index contributed by atoms with van der Waals surface area (Å²) in [4.78, 5) is 0. The third-order valence-electron chi connectivity index (χ3n) is 2.91. The number of hydrogen-bond acceptors (Lipinski definition) is 1. The van der Waals surface area contributed by atoms with Gasteiger partial charge in [0.25, 0.3) is 0 Å². The fourth-order valence-electron chi connectivity index (χ4n) is 1.63. The van der Waals surface area contributed by atoms with E-state index in [9.17, 15) is 0 Å². The molecule has 0 spiro atoms. The van der Waals surface area contributed by atoms with Gasteiger partial charge < -0.3 is 0 Å². The Labute approximate surface area is 114 Å². The molecule has 1 heteroatoms. The highest BCUT2D eigenvalue weighted by atomic mass is 32.2. The van der Waals surface area contributed by atoms with Crippen LogP contribution in [0.1, 0.15) is 91.9 Å². The maximum atomic E-state index is 2.20. The van der Waals surface area contributed by atoms with Crippen molar-refractivity contribution < 1.29 is 0 Å². The fourth-order valence-corrected chi connectivity index (χ4v) is 2.86. The smallest absolute Gasteiger partial charge is 0.0169 e. The molecule has 0 radical (unpaired) electrons. The molecular formula is C16H34S. The van der Waals surface area contributed by atoms with Crippen molar-refractivity contribution in [3.8, 4) is 0 Å². The Kier molecular flexibility index (Phi) is 13.1. The standard InChI is InChI=1S/C6H10S.C4H8.2C3H8/c1-2-4-6-5(3-1)7-6;1-2-4-3-1;2*1-3-2/h5-6H,1-4H2;1-4H2;2*3H2,1-2H3. The van der Waals surface area contributed by atoms with E-state index in [0.29, 0.717) is 0 Å². The highest BCUT2D eigenvalue weighted by Gasteiger charge is 2.39. The van der Waals surface area contributed by atoms with Gasteiger partial charge in [0.15, 0.2) is 0 Å². The number of hydrogen-bond donors (Lipinski definition) is 0. The summed E-state index contributed by atoms with van der Waals surface area (Å²) in [5.74, 6) is 0. The lowest BCUT2D eigenvalue weighted by atomic mass is 10.0. The first-order valence-electron chi connectivity index (χ1n) is 7.95. The molecule has 0 N–H and O–H groups in total. The number of thioether (sulfide) groups is 1. The Balaban J connectivity index is 0.000000223. The first-order valence-corrected chi connectivity index (χ1v) is 8.89. The molecule has 0 aromatic rings. The fraction of sp³-hybridized carbons (Fsp3) is 1.00. The molecule has 17 heavy (non-hydrogen) atoms. The summed E-state index contributed by atoms with van der Waals surface area (Å²) in [7, 11) is 0. The highest BCUT2D eigenvalue weighted by molar-refractivity contribution is 8.07. The summed E-state index contributed by atoms with van der Waals surface area (Å²) in [6.07, 6.45) is 14.6. The maximum absolute atomic E-state index is 2.20. The molecule has 3 rings (SSSR count). The summed E-state index contributed by atoms with van der Waals surface area (Å²) < 4.78 is 0. The summed E-state index contributed by atoms with van der Waals surface area (Å²) in [5, 5.41) is 2.24. The SMILES string of the molecule is C1CCC1.C1CCC2SC2C1.CCC.CCC. The Morgan fingerprint density at radius 1 is 0.647 bits per heavy atom. The zero-order valence-electron chi connectivity index (χ0n) is 12.6. The van der Waals surface area contributed by atoms with Crippen LogP contribution in [0.15, 0.2) is 0 Å². The van der Waals surface area contributed by atoms with E-state index < -0.39 is 0 Å². The van der Waals surface area contributed by atoms with E-state index in [1.807, 2.05) is 0 Å². The van der Waals surface area contributed by atoms with Crippen molar-refractivity contribution in [3.63, 3.8) is 0 Å². The molecule has 0 amide bonds. The van der Waals surface area contributed by atoms with E-state index in [-0.39, 0.29) is 0 Å². The number of fused-ring (bicyclic) bond motifs is 1. The summed E-state index contributed by atoms with van der Waals surface area (Å²) in [5.41, 5.74) is 0. The molecule has 1 aliphatic heterocycles. The monoisotopic (exact) mass is 258 g/mol. The summed E-state index contributed by atoms with van der Waals surface area (Å²) in [6.45, 7) is 8.50. The average Bonchev–Trinajstić information content (AvgIpc) is 2.95. The molecular weight excluding hydrogens is 224 g/mol. The highest BCUT2D eigenvalue weighted by Crippen LogP contribution is 2.50. The van der Waals surface area contributed by atoms with Crippen LogP contribution in [-0.2, 0) is 0 Å². The normalized spacial score (nSPS) is 27.5. The minimum Gasteiger partial charge on any atom is -0.153 e. The van der Waals surface area contributed by atoms with Gasteiger partial charge in [-0.15, -0.1) is 0 Å². The molecule has 1 saturated heterocycles. The second kappa shape index (κ2) is 12.8. The molecule has 2 atom stereocenters. The molecule has 0 aromatic heterocycles. The van der Waals surface area contributed by atoms with Crippen LogP contribution in [0.2, 0.25) is 0 Å². The Morgan fingerprint density at radius 2 is 0.941 bits per heavy atom. The molecule has 3 aliphatic rings. The predicted molar refractivity (Wildman–Crippen MR) is 84.0 cm³/mol.